The van der Waals surface area contributed by atoms with E-state index in [0.717, 1.165) is 18.4 Å². The van der Waals surface area contributed by atoms with E-state index >= 15 is 0 Å². The molecule has 1 aliphatic heterocycles. The van der Waals surface area contributed by atoms with Crippen LogP contribution in [0.15, 0.2) is 36.5 Å². The molecular formula is C21H25N3O5. The number of hydrogen-bond acceptors (Lipinski definition) is 6. The van der Waals surface area contributed by atoms with Gasteiger partial charge in [-0.1, -0.05) is 6.07 Å². The van der Waals surface area contributed by atoms with Crippen LogP contribution in [0.4, 0.5) is 0 Å². The second-order valence-corrected chi connectivity index (χ2v) is 6.83. The maximum atomic E-state index is 12.8. The molecule has 2 heterocycles. The third kappa shape index (κ3) is 5.16. The Morgan fingerprint density at radius 3 is 2.69 bits per heavy atom. The summed E-state index contributed by atoms with van der Waals surface area (Å²) in [5, 5.41) is 0. The minimum Gasteiger partial charge on any atom is -0.493 e. The summed E-state index contributed by atoms with van der Waals surface area (Å²) in [5.74, 6) is 1.17. The smallest absolute Gasteiger partial charge is 0.267 e. The standard InChI is InChI=1S/C21H25N3O5/c1-27-18-6-5-14(10-19(18)28-2)11-20(25)24-9-3-4-16(13-24)29-15-7-8-23-17(12-15)21(22)26/h5-8,10,12,16H,3-4,9,11,13H2,1-2H3,(H2,22,26). The van der Waals surface area contributed by atoms with Crippen LogP contribution in [0.3, 0.4) is 0 Å². The van der Waals surface area contributed by atoms with E-state index < -0.39 is 5.91 Å². The molecule has 2 N–H and O–H groups in total. The SMILES string of the molecule is COc1ccc(CC(=O)N2CCCC(Oc3ccnc(C(N)=O)c3)C2)cc1OC. The average Bonchev–Trinajstić information content (AvgIpc) is 2.74. The fourth-order valence-corrected chi connectivity index (χ4v) is 3.35. The molecule has 1 aromatic carbocycles. The van der Waals surface area contributed by atoms with Crippen LogP contribution in [0.2, 0.25) is 0 Å². The van der Waals surface area contributed by atoms with Gasteiger partial charge in [-0.05, 0) is 36.6 Å². The van der Waals surface area contributed by atoms with E-state index in [4.69, 9.17) is 19.9 Å². The van der Waals surface area contributed by atoms with E-state index in [-0.39, 0.29) is 24.1 Å². The van der Waals surface area contributed by atoms with Gasteiger partial charge in [-0.25, -0.2) is 0 Å². The van der Waals surface area contributed by atoms with Gasteiger partial charge in [0.05, 0.1) is 27.2 Å². The minimum atomic E-state index is -0.606. The molecule has 3 rings (SSSR count). The van der Waals surface area contributed by atoms with Crippen LogP contribution in [0.25, 0.3) is 0 Å². The number of likely N-dealkylation sites (tertiary alicyclic amines) is 1. The molecule has 0 bridgehead atoms. The molecule has 1 atom stereocenters. The molecule has 8 heteroatoms. The van der Waals surface area contributed by atoms with E-state index in [2.05, 4.69) is 4.98 Å². The quantitative estimate of drug-likeness (QED) is 0.762. The van der Waals surface area contributed by atoms with Gasteiger partial charge >= 0.3 is 0 Å². The highest BCUT2D eigenvalue weighted by Crippen LogP contribution is 2.28. The van der Waals surface area contributed by atoms with Crippen molar-refractivity contribution in [2.45, 2.75) is 25.4 Å². The number of primary amides is 1. The Bertz CT molecular complexity index is 886. The minimum absolute atomic E-state index is 0.0260. The third-order valence-electron chi connectivity index (χ3n) is 4.82. The average molecular weight is 399 g/mol. The molecule has 1 fully saturated rings. The van der Waals surface area contributed by atoms with Crippen LogP contribution in [0.5, 0.6) is 17.2 Å². The summed E-state index contributed by atoms with van der Waals surface area (Å²) in [6, 6.07) is 8.67. The summed E-state index contributed by atoms with van der Waals surface area (Å²) in [6.07, 6.45) is 3.28. The molecule has 1 saturated heterocycles. The molecule has 1 aliphatic rings. The van der Waals surface area contributed by atoms with Crippen LogP contribution in [0, 0.1) is 0 Å². The largest absolute Gasteiger partial charge is 0.493 e. The number of piperidine rings is 1. The highest BCUT2D eigenvalue weighted by atomic mass is 16.5. The normalized spacial score (nSPS) is 16.2. The number of amides is 2. The second-order valence-electron chi connectivity index (χ2n) is 6.83. The van der Waals surface area contributed by atoms with Gasteiger partial charge in [0.2, 0.25) is 5.91 Å². The van der Waals surface area contributed by atoms with Crippen molar-refractivity contribution in [2.24, 2.45) is 5.73 Å². The molecule has 154 valence electrons. The number of nitrogens with two attached hydrogens (primary N) is 1. The number of carbonyl (C=O) groups excluding carboxylic acids is 2. The van der Waals surface area contributed by atoms with Crippen molar-refractivity contribution in [1.29, 1.82) is 0 Å². The maximum absolute atomic E-state index is 12.8. The molecular weight excluding hydrogens is 374 g/mol. The predicted molar refractivity (Wildman–Crippen MR) is 106 cm³/mol. The zero-order chi connectivity index (χ0) is 20.8. The number of benzene rings is 1. The van der Waals surface area contributed by atoms with Crippen molar-refractivity contribution in [2.75, 3.05) is 27.3 Å². The van der Waals surface area contributed by atoms with Gasteiger partial charge < -0.3 is 24.8 Å². The van der Waals surface area contributed by atoms with E-state index in [9.17, 15) is 9.59 Å². The highest BCUT2D eigenvalue weighted by Gasteiger charge is 2.25. The molecule has 1 unspecified atom stereocenters. The Balaban J connectivity index is 1.62. The first-order valence-corrected chi connectivity index (χ1v) is 9.41. The van der Waals surface area contributed by atoms with Gasteiger partial charge in [0.1, 0.15) is 17.5 Å². The number of aromatic nitrogens is 1. The topological polar surface area (TPSA) is 104 Å². The van der Waals surface area contributed by atoms with Crippen molar-refractivity contribution in [3.05, 3.63) is 47.8 Å². The van der Waals surface area contributed by atoms with Crippen molar-refractivity contribution >= 4 is 11.8 Å². The number of hydrogen-bond donors (Lipinski definition) is 1. The monoisotopic (exact) mass is 399 g/mol. The number of rotatable bonds is 7. The molecule has 1 aromatic heterocycles. The van der Waals surface area contributed by atoms with Crippen molar-refractivity contribution < 1.29 is 23.8 Å². The fourth-order valence-electron chi connectivity index (χ4n) is 3.35. The van der Waals surface area contributed by atoms with Crippen molar-refractivity contribution in [3.8, 4) is 17.2 Å². The van der Waals surface area contributed by atoms with Crippen LogP contribution in [-0.2, 0) is 11.2 Å². The Morgan fingerprint density at radius 1 is 1.17 bits per heavy atom. The molecule has 0 saturated carbocycles. The first kappa shape index (κ1) is 20.4. The summed E-state index contributed by atoms with van der Waals surface area (Å²) in [6.45, 7) is 1.18. The Morgan fingerprint density at radius 2 is 1.97 bits per heavy atom. The second kappa shape index (κ2) is 9.27. The van der Waals surface area contributed by atoms with Gasteiger partial charge in [-0.3, -0.25) is 14.6 Å². The summed E-state index contributed by atoms with van der Waals surface area (Å²) in [7, 11) is 3.14. The number of methoxy groups -OCH3 is 2. The van der Waals surface area contributed by atoms with Crippen LogP contribution >= 0.6 is 0 Å². The first-order chi connectivity index (χ1) is 14.0. The van der Waals surface area contributed by atoms with Crippen LogP contribution in [0.1, 0.15) is 28.9 Å². The molecule has 0 aliphatic carbocycles. The number of pyridine rings is 1. The molecule has 0 spiro atoms. The molecule has 8 nitrogen and oxygen atoms in total. The lowest BCUT2D eigenvalue weighted by Crippen LogP contribution is -2.45. The third-order valence-corrected chi connectivity index (χ3v) is 4.82. The van der Waals surface area contributed by atoms with E-state index in [0.29, 0.717) is 30.3 Å². The lowest BCUT2D eigenvalue weighted by Gasteiger charge is -2.33. The first-order valence-electron chi connectivity index (χ1n) is 9.41. The fraction of sp³-hybridized carbons (Fsp3) is 0.381. The molecule has 2 amide bonds. The zero-order valence-corrected chi connectivity index (χ0v) is 16.6. The highest BCUT2D eigenvalue weighted by molar-refractivity contribution is 5.91. The number of nitrogens with zero attached hydrogens (tertiary/aromatic N) is 2. The Kier molecular flexibility index (Phi) is 6.54. The van der Waals surface area contributed by atoms with Gasteiger partial charge in [-0.2, -0.15) is 0 Å². The van der Waals surface area contributed by atoms with Crippen LogP contribution in [-0.4, -0.2) is 55.1 Å². The lowest BCUT2D eigenvalue weighted by atomic mass is 10.1. The van der Waals surface area contributed by atoms with Crippen molar-refractivity contribution in [3.63, 3.8) is 0 Å². The summed E-state index contributed by atoms with van der Waals surface area (Å²) in [4.78, 5) is 29.8. The van der Waals surface area contributed by atoms with Gasteiger partial charge in [-0.15, -0.1) is 0 Å². The van der Waals surface area contributed by atoms with E-state index in [1.165, 1.54) is 12.3 Å². The Hall–Kier alpha value is -3.29. The van der Waals surface area contributed by atoms with Crippen molar-refractivity contribution in [1.82, 2.24) is 9.88 Å². The number of carbonyl (C=O) groups is 2. The summed E-state index contributed by atoms with van der Waals surface area (Å²) >= 11 is 0. The summed E-state index contributed by atoms with van der Waals surface area (Å²) in [5.41, 5.74) is 6.27. The van der Waals surface area contributed by atoms with E-state index in [1.807, 2.05) is 12.1 Å². The van der Waals surface area contributed by atoms with E-state index in [1.54, 1.807) is 31.3 Å². The van der Waals surface area contributed by atoms with Gasteiger partial charge in [0.15, 0.2) is 11.5 Å². The zero-order valence-electron chi connectivity index (χ0n) is 16.6. The maximum Gasteiger partial charge on any atom is 0.267 e. The summed E-state index contributed by atoms with van der Waals surface area (Å²) < 4.78 is 16.5. The Labute approximate surface area is 169 Å². The lowest BCUT2D eigenvalue weighted by molar-refractivity contribution is -0.133. The molecule has 0 radical (unpaired) electrons. The van der Waals surface area contributed by atoms with Gasteiger partial charge in [0, 0.05) is 18.8 Å². The van der Waals surface area contributed by atoms with Gasteiger partial charge in [0.25, 0.3) is 5.91 Å². The molecule has 29 heavy (non-hydrogen) atoms. The van der Waals surface area contributed by atoms with Crippen LogP contribution < -0.4 is 19.9 Å². The molecule has 2 aromatic rings. The number of ether oxygens (including phenoxy) is 3. The predicted octanol–water partition coefficient (Wildman–Crippen LogP) is 1.81.